The minimum Gasteiger partial charge on any atom is -0.206 e. The molecule has 1 aliphatic heterocycles. The number of halogens is 2. The molecule has 0 fully saturated rings. The molecule has 0 saturated carbocycles. The summed E-state index contributed by atoms with van der Waals surface area (Å²) in [5.41, 5.74) is 1.04. The van der Waals surface area contributed by atoms with Crippen LogP contribution in [0.3, 0.4) is 0 Å². The fourth-order valence-electron chi connectivity index (χ4n) is 1.08. The lowest BCUT2D eigenvalue weighted by Gasteiger charge is -2.00. The Morgan fingerprint density at radius 1 is 1.38 bits per heavy atom. The van der Waals surface area contributed by atoms with Gasteiger partial charge in [0.2, 0.25) is 0 Å². The van der Waals surface area contributed by atoms with Crippen LogP contribution in [0.5, 0.6) is 0 Å². The van der Waals surface area contributed by atoms with E-state index in [-0.39, 0.29) is 5.82 Å². The first-order chi connectivity index (χ1) is 6.27. The molecule has 0 N–H and O–H groups in total. The van der Waals surface area contributed by atoms with Gasteiger partial charge in [0, 0.05) is 10.0 Å². The monoisotopic (exact) mass is 241 g/mol. The van der Waals surface area contributed by atoms with Gasteiger partial charge in [-0.05, 0) is 23.4 Å². The molecule has 1 aromatic carbocycles. The van der Waals surface area contributed by atoms with Crippen molar-refractivity contribution >= 4 is 21.6 Å². The van der Waals surface area contributed by atoms with Gasteiger partial charge in [-0.2, -0.15) is 5.11 Å². The quantitative estimate of drug-likeness (QED) is 0.726. The van der Waals surface area contributed by atoms with Crippen LogP contribution in [0.15, 0.2) is 38.1 Å². The van der Waals surface area contributed by atoms with E-state index >= 15 is 0 Å². The predicted molar refractivity (Wildman–Crippen MR) is 50.4 cm³/mol. The highest BCUT2D eigenvalue weighted by atomic mass is 79.9. The zero-order valence-electron chi connectivity index (χ0n) is 6.54. The van der Waals surface area contributed by atoms with Gasteiger partial charge in [-0.3, -0.25) is 0 Å². The second kappa shape index (κ2) is 3.33. The van der Waals surface area contributed by atoms with Crippen LogP contribution in [0.2, 0.25) is 0 Å². The normalized spacial score (nSPS) is 14.8. The Morgan fingerprint density at radius 3 is 2.85 bits per heavy atom. The van der Waals surface area contributed by atoms with Crippen molar-refractivity contribution in [3.63, 3.8) is 0 Å². The van der Waals surface area contributed by atoms with Crippen LogP contribution < -0.4 is 0 Å². The average Bonchev–Trinajstić information content (AvgIpc) is 2.56. The van der Waals surface area contributed by atoms with Crippen LogP contribution in [-0.2, 0) is 0 Å². The van der Waals surface area contributed by atoms with Gasteiger partial charge in [-0.1, -0.05) is 15.9 Å². The second-order valence-corrected chi connectivity index (χ2v) is 3.48. The third kappa shape index (κ3) is 1.65. The van der Waals surface area contributed by atoms with Crippen molar-refractivity contribution in [1.29, 1.82) is 0 Å². The Hall–Kier alpha value is -1.10. The van der Waals surface area contributed by atoms with Gasteiger partial charge in [0.25, 0.3) is 0 Å². The predicted octanol–water partition coefficient (Wildman–Crippen LogP) is 2.76. The van der Waals surface area contributed by atoms with Crippen molar-refractivity contribution < 1.29 is 4.39 Å². The lowest BCUT2D eigenvalue weighted by atomic mass is 10.1. The number of hydrogen-bond donors (Lipinski definition) is 0. The van der Waals surface area contributed by atoms with Gasteiger partial charge < -0.3 is 0 Å². The van der Waals surface area contributed by atoms with Crippen molar-refractivity contribution in [2.45, 2.75) is 0 Å². The minimum absolute atomic E-state index is 0.305. The number of hydrogen-bond acceptors (Lipinski definition) is 3. The Morgan fingerprint density at radius 2 is 2.23 bits per heavy atom. The second-order valence-electron chi connectivity index (χ2n) is 2.56. The molecule has 0 saturated heterocycles. The molecule has 0 bridgehead atoms. The molecule has 0 aliphatic carbocycles. The first-order valence-corrected chi connectivity index (χ1v) is 4.45. The van der Waals surface area contributed by atoms with E-state index in [2.05, 4.69) is 31.4 Å². The Kier molecular flexibility index (Phi) is 2.18. The van der Waals surface area contributed by atoms with Crippen molar-refractivity contribution in [3.05, 3.63) is 34.1 Å². The van der Waals surface area contributed by atoms with Gasteiger partial charge in [-0.15, -0.1) is 5.10 Å². The SMILES string of the molecule is Fc1cc(Br)ccc1C1=NN=NC1. The standard InChI is InChI=1S/C8H5BrFN3/c9-5-1-2-6(7(10)3-5)8-4-11-13-12-8/h1-3H,4H2. The molecule has 1 aromatic rings. The molecule has 1 aliphatic rings. The van der Waals surface area contributed by atoms with Crippen LogP contribution >= 0.6 is 15.9 Å². The summed E-state index contributed by atoms with van der Waals surface area (Å²) in [6, 6.07) is 4.82. The average molecular weight is 242 g/mol. The smallest absolute Gasteiger partial charge is 0.133 e. The molecule has 0 aromatic heterocycles. The maximum Gasteiger partial charge on any atom is 0.133 e. The number of rotatable bonds is 1. The maximum atomic E-state index is 13.3. The highest BCUT2D eigenvalue weighted by Gasteiger charge is 2.12. The maximum absolute atomic E-state index is 13.3. The largest absolute Gasteiger partial charge is 0.206 e. The van der Waals surface area contributed by atoms with Gasteiger partial charge in [0.15, 0.2) is 0 Å². The van der Waals surface area contributed by atoms with Gasteiger partial charge in [-0.25, -0.2) is 4.39 Å². The highest BCUT2D eigenvalue weighted by Crippen LogP contribution is 2.17. The molecule has 0 radical (unpaired) electrons. The van der Waals surface area contributed by atoms with E-state index in [0.29, 0.717) is 22.3 Å². The summed E-state index contributed by atoms with van der Waals surface area (Å²) in [5.74, 6) is -0.305. The Balaban J connectivity index is 2.41. The minimum atomic E-state index is -0.305. The summed E-state index contributed by atoms with van der Waals surface area (Å²) < 4.78 is 14.0. The Labute approximate surface area is 82.5 Å². The van der Waals surface area contributed by atoms with Crippen molar-refractivity contribution in [2.24, 2.45) is 15.4 Å². The summed E-state index contributed by atoms with van der Waals surface area (Å²) in [4.78, 5) is 0. The highest BCUT2D eigenvalue weighted by molar-refractivity contribution is 9.10. The fraction of sp³-hybridized carbons (Fsp3) is 0.125. The van der Waals surface area contributed by atoms with E-state index in [1.165, 1.54) is 6.07 Å². The van der Waals surface area contributed by atoms with E-state index in [0.717, 1.165) is 0 Å². The fourth-order valence-corrected chi connectivity index (χ4v) is 1.41. The van der Waals surface area contributed by atoms with E-state index < -0.39 is 0 Å². The zero-order valence-corrected chi connectivity index (χ0v) is 8.12. The summed E-state index contributed by atoms with van der Waals surface area (Å²) in [6.07, 6.45) is 0. The van der Waals surface area contributed by atoms with Crippen molar-refractivity contribution in [1.82, 2.24) is 0 Å². The van der Waals surface area contributed by atoms with Crippen LogP contribution in [0.25, 0.3) is 0 Å². The molecule has 5 heteroatoms. The van der Waals surface area contributed by atoms with Gasteiger partial charge >= 0.3 is 0 Å². The third-order valence-electron chi connectivity index (χ3n) is 1.69. The van der Waals surface area contributed by atoms with Crippen LogP contribution in [-0.4, -0.2) is 12.3 Å². The molecule has 2 rings (SSSR count). The molecule has 0 atom stereocenters. The van der Waals surface area contributed by atoms with Crippen molar-refractivity contribution in [2.75, 3.05) is 6.54 Å². The first-order valence-electron chi connectivity index (χ1n) is 3.66. The van der Waals surface area contributed by atoms with Gasteiger partial charge in [0.1, 0.15) is 12.4 Å². The van der Waals surface area contributed by atoms with Gasteiger partial charge in [0.05, 0.1) is 5.71 Å². The molecule has 0 unspecified atom stereocenters. The molecule has 13 heavy (non-hydrogen) atoms. The zero-order chi connectivity index (χ0) is 9.26. The molecular formula is C8H5BrFN3. The van der Waals surface area contributed by atoms with Crippen LogP contribution in [0, 0.1) is 5.82 Å². The molecule has 0 spiro atoms. The Bertz CT molecular complexity index is 400. The van der Waals surface area contributed by atoms with E-state index in [1.54, 1.807) is 12.1 Å². The first kappa shape index (κ1) is 8.50. The third-order valence-corrected chi connectivity index (χ3v) is 2.18. The lowest BCUT2D eigenvalue weighted by molar-refractivity contribution is 0.624. The molecule has 66 valence electrons. The van der Waals surface area contributed by atoms with Crippen molar-refractivity contribution in [3.8, 4) is 0 Å². The summed E-state index contributed by atoms with van der Waals surface area (Å²) in [6.45, 7) is 0.360. The molecule has 0 amide bonds. The van der Waals surface area contributed by atoms with E-state index in [4.69, 9.17) is 0 Å². The molecule has 1 heterocycles. The molecule has 3 nitrogen and oxygen atoms in total. The topological polar surface area (TPSA) is 37.1 Å². The number of benzene rings is 1. The summed E-state index contributed by atoms with van der Waals surface area (Å²) in [5, 5.41) is 10.8. The molecular weight excluding hydrogens is 237 g/mol. The van der Waals surface area contributed by atoms with E-state index in [1.807, 2.05) is 0 Å². The summed E-state index contributed by atoms with van der Waals surface area (Å²) in [7, 11) is 0. The summed E-state index contributed by atoms with van der Waals surface area (Å²) >= 11 is 3.18. The van der Waals surface area contributed by atoms with E-state index in [9.17, 15) is 4.39 Å². The number of nitrogens with zero attached hydrogens (tertiary/aromatic N) is 3. The van der Waals surface area contributed by atoms with Crippen LogP contribution in [0.4, 0.5) is 4.39 Å². The lowest BCUT2D eigenvalue weighted by Crippen LogP contribution is -2.04. The van der Waals surface area contributed by atoms with Crippen LogP contribution in [0.1, 0.15) is 5.56 Å².